The summed E-state index contributed by atoms with van der Waals surface area (Å²) in [7, 11) is 1.66. The highest BCUT2D eigenvalue weighted by molar-refractivity contribution is 6.19. The Bertz CT molecular complexity index is 829. The minimum Gasteiger partial charge on any atom is -0.465 e. The fourth-order valence-electron chi connectivity index (χ4n) is 2.89. The molecular formula is C20H22N2O3. The molecule has 1 aliphatic heterocycles. The molecule has 130 valence electrons. The molecule has 0 saturated carbocycles. The van der Waals surface area contributed by atoms with Gasteiger partial charge in [0.1, 0.15) is 5.75 Å². The van der Waals surface area contributed by atoms with Crippen LogP contribution in [0.4, 0.5) is 11.4 Å². The molecule has 2 aromatic rings. The van der Waals surface area contributed by atoms with Crippen LogP contribution >= 0.6 is 0 Å². The number of ether oxygens (including phenoxy) is 1. The molecule has 5 heteroatoms. The maximum absolute atomic E-state index is 12.8. The number of rotatable bonds is 3. The van der Waals surface area contributed by atoms with Crippen LogP contribution in [0.5, 0.6) is 5.75 Å². The highest BCUT2D eigenvalue weighted by Crippen LogP contribution is 2.38. The fourth-order valence-corrected chi connectivity index (χ4v) is 2.89. The Kier molecular flexibility index (Phi) is 4.25. The van der Waals surface area contributed by atoms with Gasteiger partial charge in [-0.3, -0.25) is 9.59 Å². The molecule has 1 atom stereocenters. The average molecular weight is 338 g/mol. The summed E-state index contributed by atoms with van der Waals surface area (Å²) in [5.74, 6) is -0.361. The van der Waals surface area contributed by atoms with E-state index < -0.39 is 17.4 Å². The van der Waals surface area contributed by atoms with E-state index in [2.05, 4.69) is 12.2 Å². The summed E-state index contributed by atoms with van der Waals surface area (Å²) in [5, 5.41) is 2.79. The van der Waals surface area contributed by atoms with Gasteiger partial charge in [-0.2, -0.15) is 0 Å². The summed E-state index contributed by atoms with van der Waals surface area (Å²) >= 11 is 0. The minimum absolute atomic E-state index is 0.395. The molecule has 0 saturated heterocycles. The van der Waals surface area contributed by atoms with Crippen LogP contribution in [0.2, 0.25) is 0 Å². The molecule has 0 aliphatic carbocycles. The number of benzene rings is 2. The van der Waals surface area contributed by atoms with E-state index in [1.165, 1.54) is 17.4 Å². The lowest BCUT2D eigenvalue weighted by Gasteiger charge is -2.38. The maximum atomic E-state index is 12.8. The van der Waals surface area contributed by atoms with Gasteiger partial charge in [-0.25, -0.2) is 0 Å². The number of nitrogens with zero attached hydrogens (tertiary/aromatic N) is 1. The van der Waals surface area contributed by atoms with E-state index >= 15 is 0 Å². The second-order valence-electron chi connectivity index (χ2n) is 6.48. The zero-order chi connectivity index (χ0) is 18.2. The number of carbonyl (C=O) groups is 2. The highest BCUT2D eigenvalue weighted by Gasteiger charge is 2.49. The standard InChI is InChI=1S/C20H22N2O3/c1-5-14-7-9-15(10-8-14)21-18(23)20(3)19(24)22(4)16-12-13(2)6-11-17(16)25-20/h6-12H,5H2,1-4H3,(H,21,23). The number of likely N-dealkylation sites (N-methyl/N-ethyl adjacent to an activating group) is 1. The molecule has 3 rings (SSSR count). The van der Waals surface area contributed by atoms with Gasteiger partial charge < -0.3 is 15.0 Å². The van der Waals surface area contributed by atoms with Crippen molar-refractivity contribution in [3.8, 4) is 5.75 Å². The lowest BCUT2D eigenvalue weighted by molar-refractivity contribution is -0.144. The SMILES string of the molecule is CCc1ccc(NC(=O)C2(C)Oc3ccc(C)cc3N(C)C2=O)cc1. The molecule has 1 aliphatic rings. The first-order valence-corrected chi connectivity index (χ1v) is 8.33. The van der Waals surface area contributed by atoms with Crippen LogP contribution in [-0.2, 0) is 16.0 Å². The van der Waals surface area contributed by atoms with Crippen molar-refractivity contribution in [3.05, 3.63) is 53.6 Å². The van der Waals surface area contributed by atoms with E-state index in [0.29, 0.717) is 17.1 Å². The second kappa shape index (κ2) is 6.24. The van der Waals surface area contributed by atoms with Crippen LogP contribution in [-0.4, -0.2) is 24.5 Å². The molecule has 0 fully saturated rings. The van der Waals surface area contributed by atoms with E-state index in [1.54, 1.807) is 13.1 Å². The molecule has 0 aromatic heterocycles. The Balaban J connectivity index is 1.88. The Hall–Kier alpha value is -2.82. The average Bonchev–Trinajstić information content (AvgIpc) is 2.61. The highest BCUT2D eigenvalue weighted by atomic mass is 16.5. The van der Waals surface area contributed by atoms with Crippen molar-refractivity contribution in [2.45, 2.75) is 32.8 Å². The molecule has 2 amide bonds. The summed E-state index contributed by atoms with van der Waals surface area (Å²) in [4.78, 5) is 27.1. The summed E-state index contributed by atoms with van der Waals surface area (Å²) in [6.07, 6.45) is 0.925. The van der Waals surface area contributed by atoms with Crippen LogP contribution in [0.1, 0.15) is 25.0 Å². The molecule has 0 radical (unpaired) electrons. The summed E-state index contributed by atoms with van der Waals surface area (Å²) < 4.78 is 5.83. The Morgan fingerprint density at radius 2 is 1.88 bits per heavy atom. The maximum Gasteiger partial charge on any atom is 0.280 e. The minimum atomic E-state index is -1.61. The molecule has 2 aromatic carbocycles. The van der Waals surface area contributed by atoms with Crippen LogP contribution in [0.25, 0.3) is 0 Å². The predicted octanol–water partition coefficient (Wildman–Crippen LogP) is 3.31. The number of hydrogen-bond donors (Lipinski definition) is 1. The predicted molar refractivity (Wildman–Crippen MR) is 98.1 cm³/mol. The molecule has 0 bridgehead atoms. The van der Waals surface area contributed by atoms with Crippen molar-refractivity contribution in [2.24, 2.45) is 0 Å². The Morgan fingerprint density at radius 3 is 2.52 bits per heavy atom. The van der Waals surface area contributed by atoms with Gasteiger partial charge in [-0.15, -0.1) is 0 Å². The van der Waals surface area contributed by atoms with Crippen LogP contribution in [0.3, 0.4) is 0 Å². The van der Waals surface area contributed by atoms with Gasteiger partial charge in [-0.1, -0.05) is 25.1 Å². The molecule has 5 nitrogen and oxygen atoms in total. The number of anilines is 2. The van der Waals surface area contributed by atoms with Crippen molar-refractivity contribution < 1.29 is 14.3 Å². The molecule has 0 spiro atoms. The van der Waals surface area contributed by atoms with Gasteiger partial charge in [0.25, 0.3) is 17.4 Å². The van der Waals surface area contributed by atoms with Crippen LogP contribution < -0.4 is 15.0 Å². The van der Waals surface area contributed by atoms with Crippen molar-refractivity contribution in [3.63, 3.8) is 0 Å². The van der Waals surface area contributed by atoms with E-state index in [4.69, 9.17) is 4.74 Å². The first-order valence-electron chi connectivity index (χ1n) is 8.33. The third-order valence-corrected chi connectivity index (χ3v) is 4.56. The number of nitrogens with one attached hydrogen (secondary N) is 1. The van der Waals surface area contributed by atoms with Gasteiger partial charge in [0, 0.05) is 12.7 Å². The lowest BCUT2D eigenvalue weighted by atomic mass is 9.99. The van der Waals surface area contributed by atoms with Crippen molar-refractivity contribution in [1.29, 1.82) is 0 Å². The Morgan fingerprint density at radius 1 is 1.20 bits per heavy atom. The zero-order valence-corrected chi connectivity index (χ0v) is 14.9. The number of amides is 2. The second-order valence-corrected chi connectivity index (χ2v) is 6.48. The fraction of sp³-hybridized carbons (Fsp3) is 0.300. The van der Waals surface area contributed by atoms with Crippen molar-refractivity contribution >= 4 is 23.2 Å². The lowest BCUT2D eigenvalue weighted by Crippen LogP contribution is -2.59. The number of hydrogen-bond acceptors (Lipinski definition) is 3. The summed E-state index contributed by atoms with van der Waals surface area (Å²) in [5.41, 5.74) is 1.89. The van der Waals surface area contributed by atoms with Crippen molar-refractivity contribution in [1.82, 2.24) is 0 Å². The number of aryl methyl sites for hydroxylation is 2. The van der Waals surface area contributed by atoms with E-state index in [1.807, 2.05) is 43.3 Å². The molecular weight excluding hydrogens is 316 g/mol. The summed E-state index contributed by atoms with van der Waals surface area (Å²) in [6.45, 7) is 5.52. The van der Waals surface area contributed by atoms with E-state index in [9.17, 15) is 9.59 Å². The van der Waals surface area contributed by atoms with Crippen molar-refractivity contribution in [2.75, 3.05) is 17.3 Å². The van der Waals surface area contributed by atoms with Gasteiger partial charge >= 0.3 is 0 Å². The Labute approximate surface area is 147 Å². The van der Waals surface area contributed by atoms with E-state index in [-0.39, 0.29) is 0 Å². The normalized spacial score (nSPS) is 19.2. The van der Waals surface area contributed by atoms with Gasteiger partial charge in [0.15, 0.2) is 0 Å². The summed E-state index contributed by atoms with van der Waals surface area (Å²) in [6, 6.07) is 13.1. The van der Waals surface area contributed by atoms with Gasteiger partial charge in [0.05, 0.1) is 5.69 Å². The first kappa shape index (κ1) is 17.0. The quantitative estimate of drug-likeness (QED) is 0.874. The molecule has 1 heterocycles. The van der Waals surface area contributed by atoms with E-state index in [0.717, 1.165) is 12.0 Å². The topological polar surface area (TPSA) is 58.6 Å². The van der Waals surface area contributed by atoms with Crippen LogP contribution in [0.15, 0.2) is 42.5 Å². The third kappa shape index (κ3) is 2.97. The van der Waals surface area contributed by atoms with Gasteiger partial charge in [0.2, 0.25) is 0 Å². The molecule has 25 heavy (non-hydrogen) atoms. The monoisotopic (exact) mass is 338 g/mol. The third-order valence-electron chi connectivity index (χ3n) is 4.56. The smallest absolute Gasteiger partial charge is 0.280 e. The zero-order valence-electron chi connectivity index (χ0n) is 14.9. The number of carbonyl (C=O) groups excluding carboxylic acids is 2. The largest absolute Gasteiger partial charge is 0.465 e. The molecule has 1 N–H and O–H groups in total. The molecule has 1 unspecified atom stereocenters. The number of fused-ring (bicyclic) bond motifs is 1. The first-order chi connectivity index (χ1) is 11.8. The van der Waals surface area contributed by atoms with Gasteiger partial charge in [-0.05, 0) is 55.7 Å². The van der Waals surface area contributed by atoms with Crippen LogP contribution in [0, 0.1) is 6.92 Å².